The summed E-state index contributed by atoms with van der Waals surface area (Å²) in [6.07, 6.45) is 4.38. The van der Waals surface area contributed by atoms with E-state index >= 15 is 0 Å². The first-order valence-corrected chi connectivity index (χ1v) is 12.0. The van der Waals surface area contributed by atoms with Gasteiger partial charge in [-0.25, -0.2) is 0 Å². The van der Waals surface area contributed by atoms with Crippen LogP contribution < -0.4 is 4.90 Å². The van der Waals surface area contributed by atoms with Gasteiger partial charge in [0.2, 0.25) is 11.8 Å². The van der Waals surface area contributed by atoms with Crippen LogP contribution in [0.5, 0.6) is 0 Å². The molecule has 1 atom stereocenters. The Morgan fingerprint density at radius 1 is 1.29 bits per heavy atom. The van der Waals surface area contributed by atoms with E-state index in [0.717, 1.165) is 53.7 Å². The number of amides is 2. The number of likely N-dealkylation sites (tertiary alicyclic amines) is 1. The Labute approximate surface area is 199 Å². The van der Waals surface area contributed by atoms with Gasteiger partial charge in [-0.1, -0.05) is 19.9 Å². The largest absolute Gasteiger partial charge is 0.383 e. The number of hydrogen-bond acceptors (Lipinski definition) is 4. The van der Waals surface area contributed by atoms with Crippen LogP contribution in [0.15, 0.2) is 24.3 Å². The number of aromatic nitrogens is 3. The van der Waals surface area contributed by atoms with E-state index in [1.54, 1.807) is 24.0 Å². The van der Waals surface area contributed by atoms with Crippen molar-refractivity contribution < 1.29 is 14.3 Å². The van der Waals surface area contributed by atoms with Crippen molar-refractivity contribution in [3.05, 3.63) is 35.5 Å². The molecule has 2 amide bonds. The van der Waals surface area contributed by atoms with Crippen LogP contribution in [-0.4, -0.2) is 65.2 Å². The summed E-state index contributed by atoms with van der Waals surface area (Å²) in [5.41, 5.74) is 6.56. The number of nitrogens with zero attached hydrogens (tertiary/aromatic N) is 3. The Kier molecular flexibility index (Phi) is 5.72. The molecule has 8 heteroatoms. The number of hydrogen-bond donors (Lipinski definition) is 2. The van der Waals surface area contributed by atoms with Gasteiger partial charge in [0.1, 0.15) is 12.2 Å². The number of likely N-dealkylation sites (N-methyl/N-ethyl adjacent to an activating group) is 1. The Balaban J connectivity index is 1.36. The maximum Gasteiger partial charge on any atom is 0.246 e. The van der Waals surface area contributed by atoms with Crippen LogP contribution in [0.4, 0.5) is 5.69 Å². The topological polar surface area (TPSA) is 94.3 Å². The maximum atomic E-state index is 13.0. The lowest BCUT2D eigenvalue weighted by molar-refractivity contribution is -0.134. The molecule has 2 N–H and O–H groups in total. The Morgan fingerprint density at radius 3 is 2.91 bits per heavy atom. The van der Waals surface area contributed by atoms with E-state index in [2.05, 4.69) is 35.1 Å². The molecule has 34 heavy (non-hydrogen) atoms. The van der Waals surface area contributed by atoms with Gasteiger partial charge in [0.05, 0.1) is 18.3 Å². The van der Waals surface area contributed by atoms with Crippen LogP contribution in [0.1, 0.15) is 44.4 Å². The van der Waals surface area contributed by atoms with Crippen molar-refractivity contribution in [3.8, 4) is 11.4 Å². The molecule has 1 saturated heterocycles. The average molecular weight is 464 g/mol. The van der Waals surface area contributed by atoms with E-state index in [1.807, 2.05) is 18.2 Å². The molecule has 0 radical (unpaired) electrons. The number of anilines is 1. The summed E-state index contributed by atoms with van der Waals surface area (Å²) in [7, 11) is 3.37. The maximum absolute atomic E-state index is 13.0. The van der Waals surface area contributed by atoms with Gasteiger partial charge in [-0.3, -0.25) is 14.7 Å². The minimum atomic E-state index is -0.119. The fraction of sp³-hybridized carbons (Fsp3) is 0.500. The highest BCUT2D eigenvalue weighted by atomic mass is 16.5. The number of methoxy groups -OCH3 is 1. The van der Waals surface area contributed by atoms with Gasteiger partial charge in [0.15, 0.2) is 0 Å². The Bertz CT molecular complexity index is 1240. The molecule has 0 saturated carbocycles. The van der Waals surface area contributed by atoms with Gasteiger partial charge < -0.3 is 19.5 Å². The standard InChI is InChI=1S/C26H33N5O3/c1-26(2)10-9-19-22(13-26)28-29-25(19)21-11-16-5-6-17(12-20(16)27-21)30(3)24(33)14-31-18(15-34-4)7-8-23(31)32/h5-6,11-12,18,27H,7-10,13-15H2,1-4H3,(H,28,29)/t18-/m1/s1. The lowest BCUT2D eigenvalue weighted by atomic mass is 9.76. The zero-order valence-electron chi connectivity index (χ0n) is 20.4. The second-order valence-electron chi connectivity index (χ2n) is 10.4. The van der Waals surface area contributed by atoms with Crippen molar-refractivity contribution in [2.45, 2.75) is 52.0 Å². The molecule has 1 aromatic carbocycles. The summed E-state index contributed by atoms with van der Waals surface area (Å²) in [4.78, 5) is 32.0. The molecule has 2 aromatic heterocycles. The predicted octanol–water partition coefficient (Wildman–Crippen LogP) is 3.67. The minimum Gasteiger partial charge on any atom is -0.383 e. The van der Waals surface area contributed by atoms with Crippen molar-refractivity contribution in [2.75, 3.05) is 32.2 Å². The monoisotopic (exact) mass is 463 g/mol. The number of nitrogens with one attached hydrogen (secondary N) is 2. The third-order valence-electron chi connectivity index (χ3n) is 7.40. The lowest BCUT2D eigenvalue weighted by Crippen LogP contribution is -2.44. The third kappa shape index (κ3) is 4.11. The van der Waals surface area contributed by atoms with Crippen molar-refractivity contribution in [2.24, 2.45) is 5.41 Å². The van der Waals surface area contributed by atoms with E-state index in [1.165, 1.54) is 11.3 Å². The molecule has 180 valence electrons. The average Bonchev–Trinajstić information content (AvgIpc) is 3.49. The van der Waals surface area contributed by atoms with Gasteiger partial charge in [-0.05, 0) is 49.3 Å². The normalized spacial score (nSPS) is 19.6. The third-order valence-corrected chi connectivity index (χ3v) is 7.40. The van der Waals surface area contributed by atoms with Gasteiger partial charge in [-0.15, -0.1) is 0 Å². The van der Waals surface area contributed by atoms with E-state index < -0.39 is 0 Å². The highest BCUT2D eigenvalue weighted by Gasteiger charge is 2.33. The molecular formula is C26H33N5O3. The van der Waals surface area contributed by atoms with E-state index in [0.29, 0.717) is 18.4 Å². The van der Waals surface area contributed by atoms with Crippen molar-refractivity contribution in [3.63, 3.8) is 0 Å². The van der Waals surface area contributed by atoms with Crippen LogP contribution in [0.25, 0.3) is 22.3 Å². The van der Waals surface area contributed by atoms with Gasteiger partial charge >= 0.3 is 0 Å². The molecule has 2 aliphatic rings. The van der Waals surface area contributed by atoms with Crippen LogP contribution in [-0.2, 0) is 27.2 Å². The first kappa shape index (κ1) is 22.7. The predicted molar refractivity (Wildman–Crippen MR) is 132 cm³/mol. The second-order valence-corrected chi connectivity index (χ2v) is 10.4. The van der Waals surface area contributed by atoms with Crippen molar-refractivity contribution >= 4 is 28.4 Å². The zero-order valence-corrected chi connectivity index (χ0v) is 20.4. The first-order valence-electron chi connectivity index (χ1n) is 12.0. The number of H-pyrrole nitrogens is 2. The molecule has 1 aliphatic heterocycles. The molecule has 1 aliphatic carbocycles. The van der Waals surface area contributed by atoms with Crippen molar-refractivity contribution in [1.29, 1.82) is 0 Å². The van der Waals surface area contributed by atoms with Crippen LogP contribution in [0, 0.1) is 5.41 Å². The minimum absolute atomic E-state index is 0.0129. The van der Waals surface area contributed by atoms with E-state index in [-0.39, 0.29) is 24.4 Å². The van der Waals surface area contributed by atoms with Gasteiger partial charge in [0.25, 0.3) is 0 Å². The quantitative estimate of drug-likeness (QED) is 0.583. The molecule has 0 unspecified atom stereocenters. The smallest absolute Gasteiger partial charge is 0.246 e. The molecule has 8 nitrogen and oxygen atoms in total. The number of aromatic amines is 2. The molecule has 1 fully saturated rings. The number of ether oxygens (including phenoxy) is 1. The van der Waals surface area contributed by atoms with Gasteiger partial charge in [0, 0.05) is 48.4 Å². The summed E-state index contributed by atoms with van der Waals surface area (Å²) in [6, 6.07) is 8.03. The van der Waals surface area contributed by atoms with Crippen LogP contribution in [0.2, 0.25) is 0 Å². The summed E-state index contributed by atoms with van der Waals surface area (Å²) in [5.74, 6) is -0.106. The summed E-state index contributed by atoms with van der Waals surface area (Å²) in [6.45, 7) is 5.12. The number of carbonyl (C=O) groups is 2. The highest BCUT2D eigenvalue weighted by Crippen LogP contribution is 2.38. The molecule has 0 spiro atoms. The fourth-order valence-corrected chi connectivity index (χ4v) is 5.29. The SMILES string of the molecule is COC[C@H]1CCC(=O)N1CC(=O)N(C)c1ccc2cc(-c3n[nH]c4c3CCC(C)(C)C4)[nH]c2c1. The lowest BCUT2D eigenvalue weighted by Gasteiger charge is -2.28. The molecule has 0 bridgehead atoms. The Morgan fingerprint density at radius 2 is 2.12 bits per heavy atom. The van der Waals surface area contributed by atoms with E-state index in [9.17, 15) is 9.59 Å². The van der Waals surface area contributed by atoms with Crippen molar-refractivity contribution in [1.82, 2.24) is 20.1 Å². The summed E-state index contributed by atoms with van der Waals surface area (Å²) >= 11 is 0. The summed E-state index contributed by atoms with van der Waals surface area (Å²) in [5, 5.41) is 8.96. The molecule has 3 aromatic rings. The first-order chi connectivity index (χ1) is 16.3. The summed E-state index contributed by atoms with van der Waals surface area (Å²) < 4.78 is 5.23. The Hall–Kier alpha value is -3.13. The molecular weight excluding hydrogens is 430 g/mol. The molecule has 5 rings (SSSR count). The molecule has 3 heterocycles. The fourth-order valence-electron chi connectivity index (χ4n) is 5.29. The number of carbonyl (C=O) groups excluding carboxylic acids is 2. The van der Waals surface area contributed by atoms with Crippen LogP contribution >= 0.6 is 0 Å². The number of fused-ring (bicyclic) bond motifs is 2. The van der Waals surface area contributed by atoms with E-state index in [4.69, 9.17) is 4.74 Å². The second kappa shape index (κ2) is 8.58. The van der Waals surface area contributed by atoms with Gasteiger partial charge in [-0.2, -0.15) is 5.10 Å². The highest BCUT2D eigenvalue weighted by molar-refractivity contribution is 5.99. The number of benzene rings is 1. The van der Waals surface area contributed by atoms with Crippen LogP contribution in [0.3, 0.4) is 0 Å². The zero-order chi connectivity index (χ0) is 24.0. The number of rotatable bonds is 6.